The third-order valence-corrected chi connectivity index (χ3v) is 5.61. The van der Waals surface area contributed by atoms with Crippen LogP contribution in [0.1, 0.15) is 25.3 Å². The molecule has 2 heterocycles. The van der Waals surface area contributed by atoms with Crippen LogP contribution in [0.25, 0.3) is 22.4 Å². The highest BCUT2D eigenvalue weighted by molar-refractivity contribution is 7.99. The Hall–Kier alpha value is -2.93. The van der Waals surface area contributed by atoms with Gasteiger partial charge in [0.25, 0.3) is 5.56 Å². The Labute approximate surface area is 166 Å². The number of hydrogen-bond acceptors (Lipinski definition) is 5. The van der Waals surface area contributed by atoms with Crippen LogP contribution in [0.5, 0.6) is 0 Å². The Morgan fingerprint density at radius 3 is 2.57 bits per heavy atom. The summed E-state index contributed by atoms with van der Waals surface area (Å²) in [5.74, 6) is 1.44. The average Bonchev–Trinajstić information content (AvgIpc) is 3.10. The number of carbonyl (C=O) groups is 1. The van der Waals surface area contributed by atoms with Crippen molar-refractivity contribution < 1.29 is 4.79 Å². The quantitative estimate of drug-likeness (QED) is 0.369. The molecule has 0 saturated heterocycles. The van der Waals surface area contributed by atoms with Crippen LogP contribution in [0, 0.1) is 6.92 Å². The van der Waals surface area contributed by atoms with Crippen LogP contribution in [0.4, 0.5) is 0 Å². The molecule has 142 valence electrons. The van der Waals surface area contributed by atoms with Gasteiger partial charge in [0.15, 0.2) is 5.16 Å². The monoisotopic (exact) mass is 392 g/mol. The highest BCUT2D eigenvalue weighted by Crippen LogP contribution is 2.24. The number of nitrogens with zero attached hydrogens (tertiary/aromatic N) is 4. The van der Waals surface area contributed by atoms with Gasteiger partial charge in [0.2, 0.25) is 5.78 Å². The van der Waals surface area contributed by atoms with E-state index in [0.717, 1.165) is 34.1 Å². The van der Waals surface area contributed by atoms with Crippen molar-refractivity contribution in [1.82, 2.24) is 19.2 Å². The Kier molecular flexibility index (Phi) is 5.00. The van der Waals surface area contributed by atoms with Gasteiger partial charge in [-0.3, -0.25) is 9.20 Å². The molecule has 0 saturated carbocycles. The molecule has 0 spiro atoms. The molecule has 4 rings (SSSR count). The van der Waals surface area contributed by atoms with E-state index in [1.165, 1.54) is 0 Å². The minimum absolute atomic E-state index is 0.118. The lowest BCUT2D eigenvalue weighted by molar-refractivity contribution is -0.117. The first-order valence-electron chi connectivity index (χ1n) is 9.14. The second kappa shape index (κ2) is 7.59. The number of rotatable bonds is 6. The van der Waals surface area contributed by atoms with Gasteiger partial charge in [0.05, 0.1) is 16.6 Å². The van der Waals surface area contributed by atoms with Gasteiger partial charge in [-0.15, -0.1) is 10.2 Å². The first-order valence-corrected chi connectivity index (χ1v) is 10.1. The van der Waals surface area contributed by atoms with E-state index < -0.39 is 0 Å². The highest BCUT2D eigenvalue weighted by Gasteiger charge is 2.17. The molecule has 7 heteroatoms. The maximum absolute atomic E-state index is 13.2. The van der Waals surface area contributed by atoms with Gasteiger partial charge in [-0.1, -0.05) is 41.6 Å². The number of thioether (sulfide) groups is 1. The molecule has 0 aliphatic heterocycles. The van der Waals surface area contributed by atoms with E-state index in [0.29, 0.717) is 17.6 Å². The van der Waals surface area contributed by atoms with E-state index >= 15 is 0 Å². The lowest BCUT2D eigenvalue weighted by Crippen LogP contribution is -2.21. The van der Waals surface area contributed by atoms with Crippen LogP contribution in [-0.4, -0.2) is 30.7 Å². The standard InChI is InChI=1S/C21H20N4O2S/c1-14-9-11-16(12-10-14)24-19(27)17-7-3-4-8-18(17)25-20(24)22-23-21(25)28-13-5-6-15(2)26/h3-4,7-12H,5-6,13H2,1-2H3. The largest absolute Gasteiger partial charge is 0.300 e. The zero-order valence-corrected chi connectivity index (χ0v) is 16.6. The fraction of sp³-hybridized carbons (Fsp3) is 0.238. The van der Waals surface area contributed by atoms with E-state index in [4.69, 9.17) is 0 Å². The molecule has 0 radical (unpaired) electrons. The van der Waals surface area contributed by atoms with Crippen LogP contribution in [0.15, 0.2) is 58.5 Å². The minimum atomic E-state index is -0.118. The van der Waals surface area contributed by atoms with Gasteiger partial charge in [-0.05, 0) is 44.5 Å². The van der Waals surface area contributed by atoms with Crippen molar-refractivity contribution >= 4 is 34.2 Å². The van der Waals surface area contributed by atoms with Crippen molar-refractivity contribution in [2.75, 3.05) is 5.75 Å². The summed E-state index contributed by atoms with van der Waals surface area (Å²) in [6.07, 6.45) is 1.34. The first-order chi connectivity index (χ1) is 13.6. The summed E-state index contributed by atoms with van der Waals surface area (Å²) in [6.45, 7) is 3.61. The van der Waals surface area contributed by atoms with Gasteiger partial charge >= 0.3 is 0 Å². The maximum atomic E-state index is 13.2. The lowest BCUT2D eigenvalue weighted by atomic mass is 10.2. The Morgan fingerprint density at radius 2 is 1.82 bits per heavy atom. The molecule has 0 amide bonds. The number of fused-ring (bicyclic) bond motifs is 3. The van der Waals surface area contributed by atoms with Crippen LogP contribution in [0.2, 0.25) is 0 Å². The first kappa shape index (κ1) is 18.4. The maximum Gasteiger partial charge on any atom is 0.267 e. The number of hydrogen-bond donors (Lipinski definition) is 0. The molecule has 0 fully saturated rings. The fourth-order valence-corrected chi connectivity index (χ4v) is 4.06. The SMILES string of the molecule is CC(=O)CCCSc1nnc2n(-c3ccc(C)cc3)c(=O)c3ccccc3n12. The molecular formula is C21H20N4O2S. The summed E-state index contributed by atoms with van der Waals surface area (Å²) in [4.78, 5) is 24.4. The average molecular weight is 392 g/mol. The molecule has 6 nitrogen and oxygen atoms in total. The van der Waals surface area contributed by atoms with Gasteiger partial charge in [0, 0.05) is 12.2 Å². The summed E-state index contributed by atoms with van der Waals surface area (Å²) < 4.78 is 3.53. The third kappa shape index (κ3) is 3.33. The number of aromatic nitrogens is 4. The van der Waals surface area contributed by atoms with Gasteiger partial charge in [0.1, 0.15) is 5.78 Å². The van der Waals surface area contributed by atoms with Crippen molar-refractivity contribution in [3.8, 4) is 5.69 Å². The van der Waals surface area contributed by atoms with Crippen LogP contribution >= 0.6 is 11.8 Å². The number of Topliss-reactive ketones (excluding diaryl/α,β-unsaturated/α-hetero) is 1. The highest BCUT2D eigenvalue weighted by atomic mass is 32.2. The van der Waals surface area contributed by atoms with E-state index in [2.05, 4.69) is 10.2 Å². The van der Waals surface area contributed by atoms with Crippen molar-refractivity contribution in [1.29, 1.82) is 0 Å². The van der Waals surface area contributed by atoms with Gasteiger partial charge in [-0.2, -0.15) is 0 Å². The molecule has 0 unspecified atom stereocenters. The predicted molar refractivity (Wildman–Crippen MR) is 111 cm³/mol. The Morgan fingerprint density at radius 1 is 1.07 bits per heavy atom. The van der Waals surface area contributed by atoms with E-state index in [-0.39, 0.29) is 11.3 Å². The predicted octanol–water partition coefficient (Wildman–Crippen LogP) is 3.80. The number of ketones is 1. The van der Waals surface area contributed by atoms with Crippen LogP contribution < -0.4 is 5.56 Å². The summed E-state index contributed by atoms with van der Waals surface area (Å²) in [6, 6.07) is 15.3. The minimum Gasteiger partial charge on any atom is -0.300 e. The van der Waals surface area contributed by atoms with Crippen molar-refractivity contribution in [2.45, 2.75) is 31.8 Å². The summed E-state index contributed by atoms with van der Waals surface area (Å²) in [5, 5.41) is 10.00. The normalized spacial score (nSPS) is 11.4. The number of carbonyl (C=O) groups excluding carboxylic acids is 1. The second-order valence-corrected chi connectivity index (χ2v) is 7.83. The van der Waals surface area contributed by atoms with Crippen molar-refractivity contribution in [3.05, 3.63) is 64.4 Å². The molecule has 4 aromatic rings. The van der Waals surface area contributed by atoms with Crippen molar-refractivity contribution in [2.24, 2.45) is 0 Å². The van der Waals surface area contributed by atoms with Crippen LogP contribution in [0.3, 0.4) is 0 Å². The molecule has 2 aromatic heterocycles. The number of benzene rings is 2. The number of aryl methyl sites for hydroxylation is 1. The van der Waals surface area contributed by atoms with Crippen molar-refractivity contribution in [3.63, 3.8) is 0 Å². The molecule has 0 atom stereocenters. The lowest BCUT2D eigenvalue weighted by Gasteiger charge is -2.11. The topological polar surface area (TPSA) is 69.3 Å². The third-order valence-electron chi connectivity index (χ3n) is 4.59. The Bertz CT molecular complexity index is 1230. The van der Waals surface area contributed by atoms with E-state index in [1.54, 1.807) is 23.3 Å². The molecule has 2 aromatic carbocycles. The Balaban J connectivity index is 1.90. The smallest absolute Gasteiger partial charge is 0.267 e. The zero-order chi connectivity index (χ0) is 19.7. The second-order valence-electron chi connectivity index (χ2n) is 6.77. The summed E-state index contributed by atoms with van der Waals surface area (Å²) in [5.41, 5.74) is 2.54. The van der Waals surface area contributed by atoms with Gasteiger partial charge < -0.3 is 4.79 Å². The molecule has 0 aliphatic carbocycles. The van der Waals surface area contributed by atoms with E-state index in [9.17, 15) is 9.59 Å². The molecule has 28 heavy (non-hydrogen) atoms. The number of para-hydroxylation sites is 1. The van der Waals surface area contributed by atoms with Crippen LogP contribution in [-0.2, 0) is 4.79 Å². The molecule has 0 aliphatic rings. The molecule has 0 bridgehead atoms. The van der Waals surface area contributed by atoms with Gasteiger partial charge in [-0.25, -0.2) is 4.57 Å². The van der Waals surface area contributed by atoms with E-state index in [1.807, 2.05) is 59.9 Å². The summed E-state index contributed by atoms with van der Waals surface area (Å²) in [7, 11) is 0. The zero-order valence-electron chi connectivity index (χ0n) is 15.8. The fourth-order valence-electron chi connectivity index (χ4n) is 3.18. The summed E-state index contributed by atoms with van der Waals surface area (Å²) >= 11 is 1.55. The molecule has 0 N–H and O–H groups in total. The molecular weight excluding hydrogens is 372 g/mol.